The van der Waals surface area contributed by atoms with Crippen LogP contribution in [0.3, 0.4) is 0 Å². The first-order chi connectivity index (χ1) is 11.9. The summed E-state index contributed by atoms with van der Waals surface area (Å²) in [5.74, 6) is -1.37. The molecule has 2 aromatic carbocycles. The number of hydrogen-bond donors (Lipinski definition) is 3. The van der Waals surface area contributed by atoms with Gasteiger partial charge in [0, 0.05) is 5.56 Å². The highest BCUT2D eigenvalue weighted by Gasteiger charge is 2.20. The Balaban J connectivity index is 2.32. The molecule has 0 heterocycles. The number of nitrogens with two attached hydrogens (primary N) is 1. The summed E-state index contributed by atoms with van der Waals surface area (Å²) in [6.07, 6.45) is -0.0996. The van der Waals surface area contributed by atoms with Gasteiger partial charge in [0.2, 0.25) is 5.91 Å². The number of methoxy groups -OCH3 is 1. The van der Waals surface area contributed by atoms with Crippen molar-refractivity contribution in [2.24, 2.45) is 5.73 Å². The average Bonchev–Trinajstić information content (AvgIpc) is 2.61. The number of amides is 1. The van der Waals surface area contributed by atoms with Crippen molar-refractivity contribution in [3.8, 4) is 16.9 Å². The molecule has 1 atom stereocenters. The molecule has 0 aliphatic heterocycles. The van der Waals surface area contributed by atoms with Gasteiger partial charge in [-0.05, 0) is 29.3 Å². The predicted molar refractivity (Wildman–Crippen MR) is 90.1 cm³/mol. The fraction of sp³-hybridized carbons (Fsp3) is 0.222. The van der Waals surface area contributed by atoms with E-state index >= 15 is 0 Å². The van der Waals surface area contributed by atoms with Gasteiger partial charge in [0.25, 0.3) is 0 Å². The number of hydrogen-bond acceptors (Lipinski definition) is 5. The molecule has 1 amide bonds. The summed E-state index contributed by atoms with van der Waals surface area (Å²) in [7, 11) is 1.25. The first-order valence-electron chi connectivity index (χ1n) is 7.59. The Bertz CT molecular complexity index is 744. The van der Waals surface area contributed by atoms with Gasteiger partial charge in [-0.3, -0.25) is 9.59 Å². The second-order valence-corrected chi connectivity index (χ2v) is 5.39. The van der Waals surface area contributed by atoms with E-state index in [2.05, 4.69) is 10.1 Å². The minimum atomic E-state index is -0.684. The zero-order chi connectivity index (χ0) is 18.4. The van der Waals surface area contributed by atoms with E-state index in [0.717, 1.165) is 0 Å². The number of carbonyl (C=O) groups excluding carboxylic acids is 2. The van der Waals surface area contributed by atoms with Crippen molar-refractivity contribution < 1.29 is 23.8 Å². The van der Waals surface area contributed by atoms with Gasteiger partial charge >= 0.3 is 5.97 Å². The van der Waals surface area contributed by atoms with E-state index < -0.39 is 17.9 Å². The lowest BCUT2D eigenvalue weighted by Gasteiger charge is -2.19. The number of ether oxygens (including phenoxy) is 1. The van der Waals surface area contributed by atoms with Crippen LogP contribution in [0.25, 0.3) is 11.1 Å². The summed E-state index contributed by atoms with van der Waals surface area (Å²) in [6, 6.07) is 9.76. The van der Waals surface area contributed by atoms with E-state index in [0.29, 0.717) is 16.7 Å². The molecule has 0 radical (unpaired) electrons. The van der Waals surface area contributed by atoms with Gasteiger partial charge in [-0.25, -0.2) is 4.39 Å². The molecule has 0 aliphatic carbocycles. The molecule has 2 aromatic rings. The summed E-state index contributed by atoms with van der Waals surface area (Å²) in [5.41, 5.74) is 6.96. The van der Waals surface area contributed by atoms with Crippen LogP contribution in [-0.4, -0.2) is 30.6 Å². The lowest BCUT2D eigenvalue weighted by molar-refractivity contribution is -0.141. The van der Waals surface area contributed by atoms with Crippen LogP contribution in [0.1, 0.15) is 18.0 Å². The van der Waals surface area contributed by atoms with E-state index in [1.54, 1.807) is 24.3 Å². The molecule has 0 aromatic heterocycles. The van der Waals surface area contributed by atoms with Crippen LogP contribution in [0, 0.1) is 5.82 Å². The number of aromatic hydroxyl groups is 1. The number of halogens is 1. The van der Waals surface area contributed by atoms with Crippen LogP contribution in [-0.2, 0) is 14.3 Å². The molecule has 0 spiro atoms. The molecule has 2 rings (SSSR count). The molecular weight excluding hydrogens is 327 g/mol. The van der Waals surface area contributed by atoms with Crippen molar-refractivity contribution in [2.75, 3.05) is 13.7 Å². The van der Waals surface area contributed by atoms with Gasteiger partial charge < -0.3 is 20.9 Å². The van der Waals surface area contributed by atoms with Crippen molar-refractivity contribution in [1.82, 2.24) is 5.32 Å². The number of benzene rings is 2. The van der Waals surface area contributed by atoms with Crippen molar-refractivity contribution in [2.45, 2.75) is 12.5 Å². The zero-order valence-corrected chi connectivity index (χ0v) is 13.7. The van der Waals surface area contributed by atoms with Gasteiger partial charge in [0.1, 0.15) is 11.6 Å². The van der Waals surface area contributed by atoms with E-state index in [1.165, 1.54) is 25.3 Å². The normalized spacial score (nSPS) is 11.6. The standard InChI is InChI=1S/C18H19FN2O4/c1-25-18(24)9-15(21-17(23)10-20)12-4-7-14(16(22)8-12)11-2-5-13(19)6-3-11/h2-8,15,22H,9-10,20H2,1H3,(H,21,23). The lowest BCUT2D eigenvalue weighted by Crippen LogP contribution is -2.35. The van der Waals surface area contributed by atoms with Crippen molar-refractivity contribution >= 4 is 11.9 Å². The Morgan fingerprint density at radius 1 is 1.24 bits per heavy atom. The van der Waals surface area contributed by atoms with Crippen molar-refractivity contribution in [1.29, 1.82) is 0 Å². The highest BCUT2D eigenvalue weighted by molar-refractivity contribution is 5.80. The predicted octanol–water partition coefficient (Wildman–Crippen LogP) is 1.88. The molecule has 132 valence electrons. The Hall–Kier alpha value is -2.93. The molecule has 4 N–H and O–H groups in total. The number of rotatable bonds is 6. The lowest BCUT2D eigenvalue weighted by atomic mass is 9.98. The first-order valence-corrected chi connectivity index (χ1v) is 7.59. The SMILES string of the molecule is COC(=O)CC(NC(=O)CN)c1ccc(-c2ccc(F)cc2)c(O)c1. The van der Waals surface area contributed by atoms with E-state index in [1.807, 2.05) is 0 Å². The van der Waals surface area contributed by atoms with Gasteiger partial charge in [-0.15, -0.1) is 0 Å². The fourth-order valence-corrected chi connectivity index (χ4v) is 2.39. The minimum absolute atomic E-state index is 0.0547. The number of phenolic OH excluding ortho intramolecular Hbond substituents is 1. The maximum absolute atomic E-state index is 13.0. The third-order valence-electron chi connectivity index (χ3n) is 3.70. The molecular formula is C18H19FN2O4. The van der Waals surface area contributed by atoms with Crippen LogP contribution in [0.5, 0.6) is 5.75 Å². The third kappa shape index (κ3) is 4.77. The summed E-state index contributed by atoms with van der Waals surface area (Å²) in [5, 5.41) is 12.9. The molecule has 0 fully saturated rings. The van der Waals surface area contributed by atoms with Crippen LogP contribution in [0.15, 0.2) is 42.5 Å². The van der Waals surface area contributed by atoms with Gasteiger partial charge in [0.15, 0.2) is 0 Å². The summed E-state index contributed by atoms with van der Waals surface area (Å²) < 4.78 is 17.7. The highest BCUT2D eigenvalue weighted by atomic mass is 19.1. The Morgan fingerprint density at radius 3 is 2.48 bits per heavy atom. The smallest absolute Gasteiger partial charge is 0.307 e. The van der Waals surface area contributed by atoms with Gasteiger partial charge in [-0.1, -0.05) is 24.3 Å². The molecule has 6 nitrogen and oxygen atoms in total. The number of phenols is 1. The molecule has 25 heavy (non-hydrogen) atoms. The second-order valence-electron chi connectivity index (χ2n) is 5.39. The van der Waals surface area contributed by atoms with E-state index in [4.69, 9.17) is 5.73 Å². The maximum atomic E-state index is 13.0. The molecule has 0 bridgehead atoms. The second kappa shape index (κ2) is 8.25. The molecule has 1 unspecified atom stereocenters. The number of carbonyl (C=O) groups is 2. The van der Waals surface area contributed by atoms with Crippen molar-refractivity contribution in [3.05, 3.63) is 53.8 Å². The van der Waals surface area contributed by atoms with Crippen LogP contribution in [0.2, 0.25) is 0 Å². The number of esters is 1. The maximum Gasteiger partial charge on any atom is 0.307 e. The summed E-state index contributed by atoms with van der Waals surface area (Å²) in [4.78, 5) is 23.2. The molecule has 0 aliphatic rings. The highest BCUT2D eigenvalue weighted by Crippen LogP contribution is 2.32. The van der Waals surface area contributed by atoms with Gasteiger partial charge in [-0.2, -0.15) is 0 Å². The van der Waals surface area contributed by atoms with Crippen LogP contribution >= 0.6 is 0 Å². The first kappa shape index (κ1) is 18.4. The van der Waals surface area contributed by atoms with Crippen LogP contribution in [0.4, 0.5) is 4.39 Å². The molecule has 0 saturated carbocycles. The fourth-order valence-electron chi connectivity index (χ4n) is 2.39. The quantitative estimate of drug-likeness (QED) is 0.693. The van der Waals surface area contributed by atoms with Crippen LogP contribution < -0.4 is 11.1 Å². The monoisotopic (exact) mass is 346 g/mol. The van der Waals surface area contributed by atoms with Gasteiger partial charge in [0.05, 0.1) is 26.1 Å². The summed E-state index contributed by atoms with van der Waals surface area (Å²) >= 11 is 0. The van der Waals surface area contributed by atoms with E-state index in [-0.39, 0.29) is 24.5 Å². The Kier molecular flexibility index (Phi) is 6.08. The zero-order valence-electron chi connectivity index (χ0n) is 13.7. The largest absolute Gasteiger partial charge is 0.507 e. The average molecular weight is 346 g/mol. The third-order valence-corrected chi connectivity index (χ3v) is 3.70. The number of nitrogens with one attached hydrogen (secondary N) is 1. The molecule has 0 saturated heterocycles. The van der Waals surface area contributed by atoms with Crippen molar-refractivity contribution in [3.63, 3.8) is 0 Å². The Morgan fingerprint density at radius 2 is 1.92 bits per heavy atom. The Labute approximate surface area is 144 Å². The minimum Gasteiger partial charge on any atom is -0.507 e. The van der Waals surface area contributed by atoms with E-state index in [9.17, 15) is 19.1 Å². The summed E-state index contributed by atoms with van der Waals surface area (Å²) in [6.45, 7) is -0.225. The topological polar surface area (TPSA) is 102 Å². The molecule has 7 heteroatoms.